The van der Waals surface area contributed by atoms with Gasteiger partial charge in [0.05, 0.1) is 7.11 Å². The number of thioether (sulfide) groups is 1. The standard InChI is InChI=1S/C32H37ClN6O9S2/c1-17(34-31(44)48-32(2,3)4)25(40)37-30-35-21(16-50-30)22(38-46-6)26(41)36-23-27(42)39-24(19(8-7-13-33)15-49-28(23)39)29(43)47-14-18-9-11-20(45-5)12-10-18/h7-12,16-17,23,28H,13-15H2,1-6H3,(H,34,44)(H,36,41)(H,35,37,40)/b8-7-,38-22+/t17-,23?,28?/m0/s1. The van der Waals surface area contributed by atoms with Crippen LogP contribution in [0, 0.1) is 0 Å². The number of alkyl carbamates (subject to hydrolysis) is 1. The molecule has 268 valence electrons. The highest BCUT2D eigenvalue weighted by atomic mass is 35.5. The van der Waals surface area contributed by atoms with E-state index in [0.717, 1.165) is 16.9 Å². The maximum atomic E-state index is 13.5. The summed E-state index contributed by atoms with van der Waals surface area (Å²) in [5, 5.41) is 12.5. The molecule has 2 unspecified atom stereocenters. The summed E-state index contributed by atoms with van der Waals surface area (Å²) >= 11 is 8.21. The normalized spacial score (nSPS) is 18.1. The van der Waals surface area contributed by atoms with Crippen molar-refractivity contribution in [3.63, 3.8) is 0 Å². The van der Waals surface area contributed by atoms with E-state index < -0.39 is 52.8 Å². The van der Waals surface area contributed by atoms with Gasteiger partial charge in [0.2, 0.25) is 5.91 Å². The molecular weight excluding hydrogens is 712 g/mol. The molecule has 0 aliphatic carbocycles. The second-order valence-corrected chi connectivity index (χ2v) is 14.0. The molecule has 0 saturated carbocycles. The van der Waals surface area contributed by atoms with Gasteiger partial charge in [0.15, 0.2) is 10.8 Å². The molecule has 4 amide bonds. The molecule has 15 nitrogen and oxygen atoms in total. The monoisotopic (exact) mass is 748 g/mol. The number of β-lactam (4-membered cyclic amide) rings is 1. The van der Waals surface area contributed by atoms with Crippen LogP contribution < -0.4 is 20.7 Å². The van der Waals surface area contributed by atoms with Crippen molar-refractivity contribution in [2.75, 3.05) is 31.2 Å². The molecule has 3 atom stereocenters. The number of rotatable bonds is 13. The molecule has 1 fully saturated rings. The third-order valence-electron chi connectivity index (χ3n) is 6.92. The quantitative estimate of drug-likeness (QED) is 0.0894. The van der Waals surface area contributed by atoms with Crippen molar-refractivity contribution in [1.29, 1.82) is 0 Å². The van der Waals surface area contributed by atoms with Gasteiger partial charge in [-0.15, -0.1) is 34.7 Å². The maximum Gasteiger partial charge on any atom is 0.408 e. The number of ether oxygens (including phenoxy) is 3. The third kappa shape index (κ3) is 9.54. The lowest BCUT2D eigenvalue weighted by Gasteiger charge is -2.49. The Morgan fingerprint density at radius 2 is 1.90 bits per heavy atom. The number of halogens is 1. The maximum absolute atomic E-state index is 13.5. The van der Waals surface area contributed by atoms with Crippen molar-refractivity contribution in [2.24, 2.45) is 5.16 Å². The van der Waals surface area contributed by atoms with E-state index in [9.17, 15) is 24.0 Å². The van der Waals surface area contributed by atoms with E-state index >= 15 is 0 Å². The van der Waals surface area contributed by atoms with E-state index in [1.165, 1.54) is 36.1 Å². The predicted molar refractivity (Wildman–Crippen MR) is 188 cm³/mol. The van der Waals surface area contributed by atoms with Gasteiger partial charge in [-0.3, -0.25) is 19.3 Å². The van der Waals surface area contributed by atoms with Crippen LogP contribution in [0.3, 0.4) is 0 Å². The highest BCUT2D eigenvalue weighted by Crippen LogP contribution is 2.41. The molecule has 0 radical (unpaired) electrons. The van der Waals surface area contributed by atoms with Crippen molar-refractivity contribution in [2.45, 2.75) is 57.4 Å². The minimum atomic E-state index is -1.00. The zero-order valence-corrected chi connectivity index (χ0v) is 30.5. The smallest absolute Gasteiger partial charge is 0.408 e. The first kappa shape index (κ1) is 38.2. The van der Waals surface area contributed by atoms with Gasteiger partial charge in [-0.05, 0) is 51.0 Å². The van der Waals surface area contributed by atoms with E-state index in [-0.39, 0.29) is 34.7 Å². The lowest BCUT2D eigenvalue weighted by Crippen LogP contribution is -2.71. The van der Waals surface area contributed by atoms with Gasteiger partial charge in [0.1, 0.15) is 53.9 Å². The number of benzene rings is 1. The van der Waals surface area contributed by atoms with Crippen molar-refractivity contribution < 1.29 is 43.0 Å². The molecule has 3 heterocycles. The highest BCUT2D eigenvalue weighted by molar-refractivity contribution is 8.00. The van der Waals surface area contributed by atoms with Gasteiger partial charge in [-0.2, -0.15) is 0 Å². The Morgan fingerprint density at radius 1 is 1.18 bits per heavy atom. The summed E-state index contributed by atoms with van der Waals surface area (Å²) in [5.41, 5.74) is 0.416. The van der Waals surface area contributed by atoms with Gasteiger partial charge >= 0.3 is 12.1 Å². The van der Waals surface area contributed by atoms with Crippen LogP contribution in [0.15, 0.2) is 58.2 Å². The average Bonchev–Trinajstić information content (AvgIpc) is 3.53. The number of anilines is 1. The third-order valence-corrected chi connectivity index (χ3v) is 9.15. The number of aromatic nitrogens is 1. The molecule has 3 N–H and O–H groups in total. The van der Waals surface area contributed by atoms with Gasteiger partial charge in [0.25, 0.3) is 11.8 Å². The molecule has 1 saturated heterocycles. The van der Waals surface area contributed by atoms with Crippen LogP contribution in [-0.4, -0.2) is 94.3 Å². The van der Waals surface area contributed by atoms with E-state index in [1.54, 1.807) is 64.3 Å². The Morgan fingerprint density at radius 3 is 2.54 bits per heavy atom. The number of methoxy groups -OCH3 is 1. The number of allylic oxidation sites excluding steroid dienone is 2. The number of esters is 1. The molecule has 0 bridgehead atoms. The summed E-state index contributed by atoms with van der Waals surface area (Å²) in [6.07, 6.45) is 2.58. The first-order valence-corrected chi connectivity index (χ1v) is 17.6. The Labute approximate surface area is 301 Å². The summed E-state index contributed by atoms with van der Waals surface area (Å²) in [4.78, 5) is 75.5. The molecule has 2 aliphatic heterocycles. The van der Waals surface area contributed by atoms with Gasteiger partial charge in [-0.1, -0.05) is 29.4 Å². The Balaban J connectivity index is 1.42. The van der Waals surface area contributed by atoms with Gasteiger partial charge in [0, 0.05) is 17.0 Å². The number of oxime groups is 1. The first-order valence-electron chi connectivity index (χ1n) is 15.1. The summed E-state index contributed by atoms with van der Waals surface area (Å²) < 4.78 is 15.9. The summed E-state index contributed by atoms with van der Waals surface area (Å²) in [6.45, 7) is 6.53. The van der Waals surface area contributed by atoms with Crippen molar-refractivity contribution in [1.82, 2.24) is 20.5 Å². The molecule has 4 rings (SSSR count). The first-order chi connectivity index (χ1) is 23.8. The zero-order chi connectivity index (χ0) is 36.6. The largest absolute Gasteiger partial charge is 0.497 e. The minimum Gasteiger partial charge on any atom is -0.497 e. The number of nitrogens with one attached hydrogen (secondary N) is 3. The fraction of sp³-hybridized carbons (Fsp3) is 0.406. The predicted octanol–water partition coefficient (Wildman–Crippen LogP) is 3.55. The second kappa shape index (κ2) is 16.9. The number of hydrogen-bond acceptors (Lipinski definition) is 13. The Kier molecular flexibility index (Phi) is 12.9. The highest BCUT2D eigenvalue weighted by Gasteiger charge is 2.54. The van der Waals surface area contributed by atoms with E-state index in [0.29, 0.717) is 17.1 Å². The van der Waals surface area contributed by atoms with Crippen LogP contribution in [0.4, 0.5) is 9.93 Å². The Bertz CT molecular complexity index is 1700. The fourth-order valence-corrected chi connectivity index (χ4v) is 6.70. The van der Waals surface area contributed by atoms with E-state index in [2.05, 4.69) is 26.1 Å². The van der Waals surface area contributed by atoms with Crippen molar-refractivity contribution in [3.8, 4) is 5.75 Å². The number of alkyl halides is 1. The molecule has 18 heteroatoms. The molecule has 2 aliphatic rings. The minimum absolute atomic E-state index is 0.0368. The molecule has 1 aromatic heterocycles. The number of amides is 4. The molecule has 1 aromatic carbocycles. The molecule has 2 aromatic rings. The lowest BCUT2D eigenvalue weighted by molar-refractivity contribution is -0.153. The zero-order valence-electron chi connectivity index (χ0n) is 28.1. The second-order valence-electron chi connectivity index (χ2n) is 11.7. The number of hydrogen-bond donors (Lipinski definition) is 3. The lowest BCUT2D eigenvalue weighted by atomic mass is 10.0. The van der Waals surface area contributed by atoms with Gasteiger partial charge < -0.3 is 35.0 Å². The molecule has 50 heavy (non-hydrogen) atoms. The van der Waals surface area contributed by atoms with Crippen LogP contribution >= 0.6 is 34.7 Å². The Hall–Kier alpha value is -4.61. The van der Waals surface area contributed by atoms with E-state index in [4.69, 9.17) is 30.6 Å². The van der Waals surface area contributed by atoms with Crippen LogP contribution in [-0.2, 0) is 40.1 Å². The molecular formula is C32H37ClN6O9S2. The topological polar surface area (TPSA) is 187 Å². The van der Waals surface area contributed by atoms with Crippen molar-refractivity contribution in [3.05, 3.63) is 64.3 Å². The average molecular weight is 749 g/mol. The molecule has 0 spiro atoms. The van der Waals surface area contributed by atoms with Crippen LogP contribution in [0.25, 0.3) is 0 Å². The number of nitrogens with zero attached hydrogens (tertiary/aromatic N) is 3. The van der Waals surface area contributed by atoms with E-state index in [1.807, 2.05) is 0 Å². The fourth-order valence-electron chi connectivity index (χ4n) is 4.59. The summed E-state index contributed by atoms with van der Waals surface area (Å²) in [6, 6.07) is 5.04. The van der Waals surface area contributed by atoms with Crippen molar-refractivity contribution >= 4 is 75.3 Å². The van der Waals surface area contributed by atoms with Gasteiger partial charge in [-0.25, -0.2) is 14.6 Å². The number of carbonyl (C=O) groups excluding carboxylic acids is 5. The van der Waals surface area contributed by atoms with Crippen LogP contribution in [0.2, 0.25) is 0 Å². The van der Waals surface area contributed by atoms with Crippen LogP contribution in [0.5, 0.6) is 5.75 Å². The number of thiazole rings is 1. The number of carbonyl (C=O) groups is 5. The SMILES string of the molecule is CO/N=C(/C(=O)NC1C(=O)N2C(C(=O)OCc3ccc(OC)cc3)=C(/C=C\CCl)CSC12)c1csc(NC(=O)[C@H](C)NC(=O)OC(C)(C)C)n1. The summed E-state index contributed by atoms with van der Waals surface area (Å²) in [7, 11) is 2.79. The van der Waals surface area contributed by atoms with Crippen LogP contribution in [0.1, 0.15) is 39.0 Å². The summed E-state index contributed by atoms with van der Waals surface area (Å²) in [5.74, 6) is -1.38. The number of fused-ring (bicyclic) bond motifs is 1.